The van der Waals surface area contributed by atoms with Crippen LogP contribution in [0, 0.1) is 11.3 Å². The number of thioether (sulfide) groups is 1. The highest BCUT2D eigenvalue weighted by Gasteiger charge is 2.17. The molecule has 0 spiro atoms. The van der Waals surface area contributed by atoms with E-state index in [-0.39, 0.29) is 18.1 Å². The molecule has 0 saturated heterocycles. The topological polar surface area (TPSA) is 94.9 Å². The number of aryl methyl sites for hydroxylation is 1. The van der Waals surface area contributed by atoms with Crippen molar-refractivity contribution in [3.8, 4) is 11.8 Å². The smallest absolute Gasteiger partial charge is 0.237 e. The third-order valence-electron chi connectivity index (χ3n) is 3.38. The lowest BCUT2D eigenvalue weighted by molar-refractivity contribution is -0.116. The van der Waals surface area contributed by atoms with E-state index in [4.69, 9.17) is 10.00 Å². The summed E-state index contributed by atoms with van der Waals surface area (Å²) in [6.07, 6.45) is 1.03. The van der Waals surface area contributed by atoms with Crippen molar-refractivity contribution < 1.29 is 9.53 Å². The number of rotatable bonds is 9. The zero-order valence-electron chi connectivity index (χ0n) is 14.4. The summed E-state index contributed by atoms with van der Waals surface area (Å²) < 4.78 is 5.42. The van der Waals surface area contributed by atoms with Gasteiger partial charge in [0.1, 0.15) is 11.6 Å². The van der Waals surface area contributed by atoms with Gasteiger partial charge in [0.15, 0.2) is 0 Å². The van der Waals surface area contributed by atoms with Crippen molar-refractivity contribution in [2.24, 2.45) is 0 Å². The number of aromatic amines is 1. The predicted molar refractivity (Wildman–Crippen MR) is 96.7 cm³/mol. The molecule has 132 valence electrons. The molecule has 8 heteroatoms. The Labute approximate surface area is 151 Å². The Bertz CT molecular complexity index is 723. The number of ether oxygens (including phenoxy) is 1. The fraction of sp³-hybridized carbons (Fsp3) is 0.412. The highest BCUT2D eigenvalue weighted by Crippen LogP contribution is 2.22. The molecule has 0 aliphatic carbocycles. The minimum Gasteiger partial charge on any atom is -0.494 e. The van der Waals surface area contributed by atoms with Gasteiger partial charge in [-0.05, 0) is 31.2 Å². The van der Waals surface area contributed by atoms with Crippen LogP contribution in [0.4, 0.5) is 5.69 Å². The van der Waals surface area contributed by atoms with E-state index in [1.165, 1.54) is 11.8 Å². The van der Waals surface area contributed by atoms with Gasteiger partial charge in [0.25, 0.3) is 0 Å². The summed E-state index contributed by atoms with van der Waals surface area (Å²) in [4.78, 5) is 18.5. The standard InChI is InChI=1S/C17H21N5O2S/c1-3-15-19-17(21-20-15)25-12-16(23)22(11-5-10-18)13-6-8-14(9-7-13)24-4-2/h6-9H,3-5,11-12H2,1-2H3,(H,19,20,21). The van der Waals surface area contributed by atoms with E-state index < -0.39 is 0 Å². The lowest BCUT2D eigenvalue weighted by Gasteiger charge is -2.21. The van der Waals surface area contributed by atoms with Crippen LogP contribution in [-0.4, -0.2) is 40.0 Å². The minimum absolute atomic E-state index is 0.0905. The first-order valence-corrected chi connectivity index (χ1v) is 9.10. The van der Waals surface area contributed by atoms with Gasteiger partial charge in [-0.25, -0.2) is 4.98 Å². The van der Waals surface area contributed by atoms with Gasteiger partial charge in [-0.15, -0.1) is 5.10 Å². The molecule has 7 nitrogen and oxygen atoms in total. The number of benzene rings is 1. The van der Waals surface area contributed by atoms with Crippen molar-refractivity contribution in [2.45, 2.75) is 31.8 Å². The van der Waals surface area contributed by atoms with E-state index in [1.54, 1.807) is 4.90 Å². The van der Waals surface area contributed by atoms with Crippen LogP contribution in [0.2, 0.25) is 0 Å². The molecule has 0 unspecified atom stereocenters. The van der Waals surface area contributed by atoms with E-state index >= 15 is 0 Å². The van der Waals surface area contributed by atoms with Crippen LogP contribution in [0.15, 0.2) is 29.4 Å². The summed E-state index contributed by atoms with van der Waals surface area (Å²) in [5.41, 5.74) is 0.744. The number of nitrogens with one attached hydrogen (secondary N) is 1. The molecule has 1 heterocycles. The van der Waals surface area contributed by atoms with E-state index in [0.717, 1.165) is 23.7 Å². The largest absolute Gasteiger partial charge is 0.494 e. The van der Waals surface area contributed by atoms with Crippen LogP contribution in [0.25, 0.3) is 0 Å². The molecule has 1 aromatic heterocycles. The van der Waals surface area contributed by atoms with Crippen molar-refractivity contribution >= 4 is 23.4 Å². The molecule has 0 aliphatic heterocycles. The molecule has 25 heavy (non-hydrogen) atoms. The van der Waals surface area contributed by atoms with E-state index in [1.807, 2.05) is 38.1 Å². The van der Waals surface area contributed by atoms with Crippen LogP contribution in [0.3, 0.4) is 0 Å². The Morgan fingerprint density at radius 2 is 2.12 bits per heavy atom. The number of hydrogen-bond donors (Lipinski definition) is 1. The first-order valence-electron chi connectivity index (χ1n) is 8.12. The summed E-state index contributed by atoms with van der Waals surface area (Å²) in [6, 6.07) is 9.38. The number of carbonyl (C=O) groups is 1. The second-order valence-electron chi connectivity index (χ2n) is 5.09. The lowest BCUT2D eigenvalue weighted by Crippen LogP contribution is -2.33. The van der Waals surface area contributed by atoms with Gasteiger partial charge in [-0.1, -0.05) is 18.7 Å². The highest BCUT2D eigenvalue weighted by atomic mass is 32.2. The lowest BCUT2D eigenvalue weighted by atomic mass is 10.2. The highest BCUT2D eigenvalue weighted by molar-refractivity contribution is 7.99. The van der Waals surface area contributed by atoms with Gasteiger partial charge in [0.05, 0.1) is 24.8 Å². The molecule has 0 bridgehead atoms. The number of carbonyl (C=O) groups excluding carboxylic acids is 1. The van der Waals surface area contributed by atoms with Crippen molar-refractivity contribution in [3.63, 3.8) is 0 Å². The zero-order chi connectivity index (χ0) is 18.1. The second kappa shape index (κ2) is 9.69. The summed E-state index contributed by atoms with van der Waals surface area (Å²) in [7, 11) is 0. The molecule has 0 fully saturated rings. The van der Waals surface area contributed by atoms with Crippen molar-refractivity contribution in [3.05, 3.63) is 30.1 Å². The van der Waals surface area contributed by atoms with Crippen LogP contribution in [0.1, 0.15) is 26.1 Å². The quantitative estimate of drug-likeness (QED) is 0.692. The number of amides is 1. The monoisotopic (exact) mass is 359 g/mol. The number of H-pyrrole nitrogens is 1. The first-order chi connectivity index (χ1) is 12.2. The first kappa shape index (κ1) is 18.8. The Balaban J connectivity index is 2.04. The summed E-state index contributed by atoms with van der Waals surface area (Å²) in [5, 5.41) is 16.3. The second-order valence-corrected chi connectivity index (χ2v) is 6.03. The van der Waals surface area contributed by atoms with E-state index in [0.29, 0.717) is 18.3 Å². The number of nitriles is 1. The molecule has 0 saturated carbocycles. The third-order valence-corrected chi connectivity index (χ3v) is 4.21. The van der Waals surface area contributed by atoms with Crippen LogP contribution in [-0.2, 0) is 11.2 Å². The number of aromatic nitrogens is 3. The molecule has 1 amide bonds. The Morgan fingerprint density at radius 3 is 2.72 bits per heavy atom. The van der Waals surface area contributed by atoms with Crippen molar-refractivity contribution in [2.75, 3.05) is 23.8 Å². The maximum absolute atomic E-state index is 12.6. The SMILES string of the molecule is CCOc1ccc(N(CCC#N)C(=O)CSc2n[nH]c(CC)n2)cc1. The van der Waals surface area contributed by atoms with Gasteiger partial charge in [-0.2, -0.15) is 5.26 Å². The minimum atomic E-state index is -0.0905. The Morgan fingerprint density at radius 1 is 1.36 bits per heavy atom. The van der Waals surface area contributed by atoms with E-state index in [2.05, 4.69) is 21.3 Å². The average Bonchev–Trinajstić information content (AvgIpc) is 3.10. The Hall–Kier alpha value is -2.53. The normalized spacial score (nSPS) is 10.3. The number of anilines is 1. The van der Waals surface area contributed by atoms with Gasteiger partial charge < -0.3 is 9.64 Å². The Kier molecular flexibility index (Phi) is 7.29. The molecule has 1 aromatic carbocycles. The molecule has 0 atom stereocenters. The number of hydrogen-bond acceptors (Lipinski definition) is 6. The molecule has 2 rings (SSSR count). The molecular weight excluding hydrogens is 338 g/mol. The zero-order valence-corrected chi connectivity index (χ0v) is 15.2. The van der Waals surface area contributed by atoms with Gasteiger partial charge >= 0.3 is 0 Å². The molecule has 1 N–H and O–H groups in total. The maximum atomic E-state index is 12.6. The van der Waals surface area contributed by atoms with Gasteiger partial charge in [0, 0.05) is 18.7 Å². The summed E-state index contributed by atoms with van der Waals surface area (Å²) in [6.45, 7) is 4.83. The van der Waals surface area contributed by atoms with Crippen molar-refractivity contribution in [1.82, 2.24) is 15.2 Å². The van der Waals surface area contributed by atoms with E-state index in [9.17, 15) is 4.79 Å². The predicted octanol–water partition coefficient (Wildman–Crippen LogP) is 2.80. The third kappa shape index (κ3) is 5.50. The summed E-state index contributed by atoms with van der Waals surface area (Å²) >= 11 is 1.28. The van der Waals surface area contributed by atoms with Gasteiger partial charge in [0.2, 0.25) is 11.1 Å². The maximum Gasteiger partial charge on any atom is 0.237 e. The molecule has 0 radical (unpaired) electrons. The number of nitrogens with zero attached hydrogens (tertiary/aromatic N) is 4. The van der Waals surface area contributed by atoms with Crippen molar-refractivity contribution in [1.29, 1.82) is 5.26 Å². The molecule has 2 aromatic rings. The molecule has 0 aliphatic rings. The summed E-state index contributed by atoms with van der Waals surface area (Å²) in [5.74, 6) is 1.66. The van der Waals surface area contributed by atoms with Crippen LogP contribution >= 0.6 is 11.8 Å². The fourth-order valence-corrected chi connectivity index (χ4v) is 2.85. The average molecular weight is 359 g/mol. The van der Waals surface area contributed by atoms with Crippen LogP contribution in [0.5, 0.6) is 5.75 Å². The fourth-order valence-electron chi connectivity index (χ4n) is 2.15. The van der Waals surface area contributed by atoms with Crippen LogP contribution < -0.4 is 9.64 Å². The van der Waals surface area contributed by atoms with Gasteiger partial charge in [-0.3, -0.25) is 9.89 Å². The molecular formula is C17H21N5O2S.